The van der Waals surface area contributed by atoms with Gasteiger partial charge in [0.15, 0.2) is 0 Å². The van der Waals surface area contributed by atoms with Crippen LogP contribution in [0, 0.1) is 0 Å². The Hall–Kier alpha value is -1.15. The smallest absolute Gasteiger partial charge is 0.0534 e. The topological polar surface area (TPSA) is 24.9 Å². The number of nitrogens with zero attached hydrogens (tertiary/aromatic N) is 1. The monoisotopic (exact) mass is 202 g/mol. The van der Waals surface area contributed by atoms with Gasteiger partial charge in [0.2, 0.25) is 0 Å². The molecule has 1 aromatic rings. The number of hydrogen-bond donors (Lipinski definition) is 1. The fourth-order valence-electron chi connectivity index (χ4n) is 2.25. The van der Waals surface area contributed by atoms with Gasteiger partial charge in [-0.2, -0.15) is 0 Å². The molecule has 0 spiro atoms. The van der Waals surface area contributed by atoms with E-state index in [4.69, 9.17) is 0 Å². The van der Waals surface area contributed by atoms with Crippen molar-refractivity contribution in [1.29, 1.82) is 0 Å². The third kappa shape index (κ3) is 2.45. The van der Waals surface area contributed by atoms with Gasteiger partial charge in [0.1, 0.15) is 0 Å². The molecule has 0 saturated carbocycles. The highest BCUT2D eigenvalue weighted by Crippen LogP contribution is 2.28. The predicted molar refractivity (Wildman–Crippen MR) is 62.6 cm³/mol. The average molecular weight is 202 g/mol. The molecule has 1 N–H and O–H groups in total. The molecule has 0 aromatic carbocycles. The number of aromatic nitrogens is 1. The summed E-state index contributed by atoms with van der Waals surface area (Å²) in [7, 11) is 2.03. The van der Waals surface area contributed by atoms with Gasteiger partial charge >= 0.3 is 0 Å². The van der Waals surface area contributed by atoms with E-state index in [0.717, 1.165) is 0 Å². The van der Waals surface area contributed by atoms with E-state index in [0.29, 0.717) is 6.04 Å². The zero-order chi connectivity index (χ0) is 10.5. The number of rotatable bonds is 3. The van der Waals surface area contributed by atoms with Gasteiger partial charge in [-0.1, -0.05) is 11.6 Å². The van der Waals surface area contributed by atoms with Gasteiger partial charge in [-0.3, -0.25) is 4.98 Å². The van der Waals surface area contributed by atoms with Gasteiger partial charge in [0.25, 0.3) is 0 Å². The Balaban J connectivity index is 2.20. The molecule has 2 nitrogen and oxygen atoms in total. The van der Waals surface area contributed by atoms with Crippen molar-refractivity contribution in [2.24, 2.45) is 0 Å². The van der Waals surface area contributed by atoms with Crippen LogP contribution in [0.1, 0.15) is 37.3 Å². The summed E-state index contributed by atoms with van der Waals surface area (Å²) in [6.45, 7) is 0. The second kappa shape index (κ2) is 5.08. The summed E-state index contributed by atoms with van der Waals surface area (Å²) in [5.41, 5.74) is 2.86. The second-order valence-corrected chi connectivity index (χ2v) is 4.03. The van der Waals surface area contributed by atoms with Crippen LogP contribution >= 0.6 is 0 Å². The fraction of sp³-hybridized carbons (Fsp3) is 0.462. The molecule has 0 amide bonds. The van der Waals surface area contributed by atoms with Crippen LogP contribution in [0.2, 0.25) is 0 Å². The average Bonchev–Trinajstić information content (AvgIpc) is 2.33. The minimum Gasteiger partial charge on any atom is -0.310 e. The van der Waals surface area contributed by atoms with E-state index in [9.17, 15) is 0 Å². The van der Waals surface area contributed by atoms with Crippen LogP contribution in [-0.2, 0) is 0 Å². The molecule has 15 heavy (non-hydrogen) atoms. The standard InChI is InChI=1S/C13H18N2/c1-14-13(11-5-3-2-4-6-11)12-7-9-15-10-8-12/h5,7-10,13-14H,2-4,6H2,1H3. The third-order valence-electron chi connectivity index (χ3n) is 3.03. The number of likely N-dealkylation sites (N-methyl/N-ethyl adjacent to an activating group) is 1. The quantitative estimate of drug-likeness (QED) is 0.762. The number of allylic oxidation sites excluding steroid dienone is 1. The summed E-state index contributed by atoms with van der Waals surface area (Å²) in [6.07, 6.45) is 11.3. The molecule has 0 saturated heterocycles. The van der Waals surface area contributed by atoms with Crippen molar-refractivity contribution in [3.63, 3.8) is 0 Å². The third-order valence-corrected chi connectivity index (χ3v) is 3.03. The first-order chi connectivity index (χ1) is 7.42. The van der Waals surface area contributed by atoms with Crippen molar-refractivity contribution >= 4 is 0 Å². The van der Waals surface area contributed by atoms with Gasteiger partial charge in [-0.15, -0.1) is 0 Å². The van der Waals surface area contributed by atoms with Crippen molar-refractivity contribution < 1.29 is 0 Å². The molecule has 2 rings (SSSR count). The maximum atomic E-state index is 4.06. The molecule has 1 aliphatic rings. The van der Waals surface area contributed by atoms with Crippen molar-refractivity contribution in [3.8, 4) is 0 Å². The van der Waals surface area contributed by atoms with Crippen molar-refractivity contribution in [1.82, 2.24) is 10.3 Å². The predicted octanol–water partition coefficient (Wildman–Crippen LogP) is 2.84. The van der Waals surface area contributed by atoms with Crippen LogP contribution in [0.3, 0.4) is 0 Å². The maximum Gasteiger partial charge on any atom is 0.0534 e. The Morgan fingerprint density at radius 2 is 2.07 bits per heavy atom. The highest BCUT2D eigenvalue weighted by Gasteiger charge is 2.15. The summed E-state index contributed by atoms with van der Waals surface area (Å²) >= 11 is 0. The lowest BCUT2D eigenvalue weighted by Gasteiger charge is -2.23. The fourth-order valence-corrected chi connectivity index (χ4v) is 2.25. The van der Waals surface area contributed by atoms with Crippen molar-refractivity contribution in [2.75, 3.05) is 7.05 Å². The van der Waals surface area contributed by atoms with Crippen LogP contribution in [0.25, 0.3) is 0 Å². The van der Waals surface area contributed by atoms with E-state index in [1.54, 1.807) is 0 Å². The molecule has 80 valence electrons. The minimum absolute atomic E-state index is 0.383. The summed E-state index contributed by atoms with van der Waals surface area (Å²) in [5, 5.41) is 3.39. The summed E-state index contributed by atoms with van der Waals surface area (Å²) < 4.78 is 0. The van der Waals surface area contributed by atoms with Crippen LogP contribution < -0.4 is 5.32 Å². The van der Waals surface area contributed by atoms with Gasteiger partial charge < -0.3 is 5.32 Å². The number of hydrogen-bond acceptors (Lipinski definition) is 2. The summed E-state index contributed by atoms with van der Waals surface area (Å²) in [5.74, 6) is 0. The summed E-state index contributed by atoms with van der Waals surface area (Å²) in [4.78, 5) is 4.06. The lowest BCUT2D eigenvalue weighted by atomic mass is 9.90. The lowest BCUT2D eigenvalue weighted by Crippen LogP contribution is -2.19. The normalized spacial score (nSPS) is 18.3. The number of nitrogens with one attached hydrogen (secondary N) is 1. The second-order valence-electron chi connectivity index (χ2n) is 4.03. The zero-order valence-electron chi connectivity index (χ0n) is 9.24. The maximum absolute atomic E-state index is 4.06. The Morgan fingerprint density at radius 1 is 1.27 bits per heavy atom. The van der Waals surface area contributed by atoms with E-state index < -0.39 is 0 Å². The van der Waals surface area contributed by atoms with E-state index in [2.05, 4.69) is 28.5 Å². The Labute approximate surface area is 91.4 Å². The van der Waals surface area contributed by atoms with Gasteiger partial charge in [0.05, 0.1) is 6.04 Å². The molecular formula is C13H18N2. The first-order valence-electron chi connectivity index (χ1n) is 5.68. The zero-order valence-corrected chi connectivity index (χ0v) is 9.24. The largest absolute Gasteiger partial charge is 0.310 e. The summed E-state index contributed by atoms with van der Waals surface area (Å²) in [6, 6.07) is 4.57. The van der Waals surface area contributed by atoms with E-state index in [1.807, 2.05) is 19.4 Å². The molecule has 0 bridgehead atoms. The number of pyridine rings is 1. The van der Waals surface area contributed by atoms with Gasteiger partial charge in [-0.25, -0.2) is 0 Å². The van der Waals surface area contributed by atoms with Crippen molar-refractivity contribution in [3.05, 3.63) is 41.7 Å². The molecule has 1 atom stereocenters. The highest BCUT2D eigenvalue weighted by molar-refractivity contribution is 5.27. The van der Waals surface area contributed by atoms with E-state index in [-0.39, 0.29) is 0 Å². The molecule has 1 unspecified atom stereocenters. The SMILES string of the molecule is CNC(C1=CCCCC1)c1ccncc1. The Bertz CT molecular complexity index is 330. The molecule has 0 radical (unpaired) electrons. The molecule has 0 aliphatic heterocycles. The first-order valence-corrected chi connectivity index (χ1v) is 5.68. The molecular weight excluding hydrogens is 184 g/mol. The van der Waals surface area contributed by atoms with Gasteiger partial charge in [-0.05, 0) is 50.4 Å². The molecule has 0 fully saturated rings. The highest BCUT2D eigenvalue weighted by atomic mass is 14.9. The lowest BCUT2D eigenvalue weighted by molar-refractivity contribution is 0.593. The Morgan fingerprint density at radius 3 is 2.67 bits per heavy atom. The van der Waals surface area contributed by atoms with Crippen molar-refractivity contribution in [2.45, 2.75) is 31.7 Å². The van der Waals surface area contributed by atoms with Gasteiger partial charge in [0, 0.05) is 12.4 Å². The Kier molecular flexibility index (Phi) is 3.51. The molecule has 1 heterocycles. The molecule has 1 aliphatic carbocycles. The first kappa shape index (κ1) is 10.4. The van der Waals surface area contributed by atoms with Crippen LogP contribution in [0.4, 0.5) is 0 Å². The van der Waals surface area contributed by atoms with Crippen LogP contribution in [0.5, 0.6) is 0 Å². The molecule has 2 heteroatoms. The molecule has 1 aromatic heterocycles. The van der Waals surface area contributed by atoms with Crippen LogP contribution in [0.15, 0.2) is 36.2 Å². The van der Waals surface area contributed by atoms with E-state index in [1.165, 1.54) is 36.8 Å². The van der Waals surface area contributed by atoms with E-state index >= 15 is 0 Å². The van der Waals surface area contributed by atoms with Crippen LogP contribution in [-0.4, -0.2) is 12.0 Å². The minimum atomic E-state index is 0.383.